The lowest BCUT2D eigenvalue weighted by Gasteiger charge is -2.04. The fourth-order valence-electron chi connectivity index (χ4n) is 1.46. The van der Waals surface area contributed by atoms with Crippen LogP contribution in [0.4, 0.5) is 0 Å². The summed E-state index contributed by atoms with van der Waals surface area (Å²) in [5.41, 5.74) is 6.24. The summed E-state index contributed by atoms with van der Waals surface area (Å²) in [5, 5.41) is 20.1. The van der Waals surface area contributed by atoms with Crippen molar-refractivity contribution in [1.29, 1.82) is 0 Å². The number of carboxylic acids is 1. The van der Waals surface area contributed by atoms with E-state index < -0.39 is 5.97 Å². The molecule has 0 amide bonds. The number of nitrogens with two attached hydrogens (primary N) is 1. The van der Waals surface area contributed by atoms with E-state index in [1.54, 1.807) is 12.1 Å². The molecule has 0 bridgehead atoms. The highest BCUT2D eigenvalue weighted by Crippen LogP contribution is 2.11. The monoisotopic (exact) mass is 233 g/mol. The summed E-state index contributed by atoms with van der Waals surface area (Å²) in [5.74, 6) is -0.379. The van der Waals surface area contributed by atoms with Crippen LogP contribution in [0.5, 0.6) is 0 Å². The van der Waals surface area contributed by atoms with Gasteiger partial charge in [0.15, 0.2) is 5.82 Å². The van der Waals surface area contributed by atoms with Crippen molar-refractivity contribution in [2.75, 3.05) is 6.54 Å². The summed E-state index contributed by atoms with van der Waals surface area (Å²) in [6.45, 7) is 0.430. The van der Waals surface area contributed by atoms with Crippen LogP contribution >= 0.6 is 0 Å². The number of carboxylic acid groups (broad SMARTS) is 1. The van der Waals surface area contributed by atoms with Crippen molar-refractivity contribution in [3.63, 3.8) is 0 Å². The molecule has 0 saturated carbocycles. The second-order valence-electron chi connectivity index (χ2n) is 3.40. The average Bonchev–Trinajstić information content (AvgIpc) is 2.78. The van der Waals surface area contributed by atoms with Crippen LogP contribution in [-0.2, 0) is 6.42 Å². The minimum absolute atomic E-state index is 0.191. The first-order chi connectivity index (χ1) is 8.22. The molecule has 0 aliphatic heterocycles. The Morgan fingerprint density at radius 2 is 2.29 bits per heavy atom. The molecule has 0 aliphatic rings. The van der Waals surface area contributed by atoms with Gasteiger partial charge in [0, 0.05) is 6.42 Å². The van der Waals surface area contributed by atoms with Crippen LogP contribution in [0.2, 0.25) is 0 Å². The van der Waals surface area contributed by atoms with E-state index in [-0.39, 0.29) is 5.56 Å². The van der Waals surface area contributed by atoms with Crippen LogP contribution in [0.15, 0.2) is 24.3 Å². The van der Waals surface area contributed by atoms with Gasteiger partial charge >= 0.3 is 5.97 Å². The van der Waals surface area contributed by atoms with Crippen molar-refractivity contribution < 1.29 is 9.90 Å². The normalized spacial score (nSPS) is 10.4. The van der Waals surface area contributed by atoms with Crippen molar-refractivity contribution >= 4 is 5.97 Å². The Bertz CT molecular complexity index is 537. The quantitative estimate of drug-likeness (QED) is 0.761. The van der Waals surface area contributed by atoms with Crippen LogP contribution in [0.1, 0.15) is 16.2 Å². The molecule has 0 atom stereocenters. The highest BCUT2D eigenvalue weighted by molar-refractivity contribution is 5.88. The fraction of sp³-hybridized carbons (Fsp3) is 0.200. The number of nitrogens with zero attached hydrogens (tertiary/aromatic N) is 4. The summed E-state index contributed by atoms with van der Waals surface area (Å²) in [6.07, 6.45) is 0.532. The molecule has 88 valence electrons. The Morgan fingerprint density at radius 1 is 1.47 bits per heavy atom. The Morgan fingerprint density at radius 3 is 3.00 bits per heavy atom. The molecule has 7 heteroatoms. The summed E-state index contributed by atoms with van der Waals surface area (Å²) < 4.78 is 1.49. The van der Waals surface area contributed by atoms with Gasteiger partial charge in [-0.05, 0) is 35.2 Å². The fourth-order valence-corrected chi connectivity index (χ4v) is 1.46. The molecule has 3 N–H and O–H groups in total. The molecular weight excluding hydrogens is 222 g/mol. The maximum atomic E-state index is 10.9. The molecule has 0 spiro atoms. The molecule has 0 fully saturated rings. The highest BCUT2D eigenvalue weighted by Gasteiger charge is 2.09. The Kier molecular flexibility index (Phi) is 3.10. The molecule has 1 aromatic heterocycles. The Balaban J connectivity index is 2.42. The zero-order valence-corrected chi connectivity index (χ0v) is 8.95. The van der Waals surface area contributed by atoms with Gasteiger partial charge in [-0.15, -0.1) is 5.10 Å². The lowest BCUT2D eigenvalue weighted by atomic mass is 10.2. The van der Waals surface area contributed by atoms with Crippen LogP contribution in [0.25, 0.3) is 5.69 Å². The topological polar surface area (TPSA) is 107 Å². The number of tetrazole rings is 1. The standard InChI is InChI=1S/C10H11N5O2/c11-5-4-9-12-13-14-15(9)8-3-1-2-7(6-8)10(16)17/h1-3,6H,4-5,11H2,(H,16,17). The third kappa shape index (κ3) is 2.28. The molecule has 2 rings (SSSR count). The molecular formula is C10H11N5O2. The van der Waals surface area contributed by atoms with Gasteiger partial charge in [-0.25, -0.2) is 4.79 Å². The molecule has 1 heterocycles. The zero-order valence-electron chi connectivity index (χ0n) is 8.95. The van der Waals surface area contributed by atoms with Crippen LogP contribution < -0.4 is 5.73 Å². The lowest BCUT2D eigenvalue weighted by Crippen LogP contribution is -2.10. The molecule has 1 aromatic carbocycles. The largest absolute Gasteiger partial charge is 0.478 e. The minimum atomic E-state index is -0.986. The maximum absolute atomic E-state index is 10.9. The van der Waals surface area contributed by atoms with Gasteiger partial charge < -0.3 is 10.8 Å². The molecule has 0 unspecified atom stereocenters. The molecule has 7 nitrogen and oxygen atoms in total. The van der Waals surface area contributed by atoms with Gasteiger partial charge in [-0.3, -0.25) is 0 Å². The lowest BCUT2D eigenvalue weighted by molar-refractivity contribution is 0.0697. The van der Waals surface area contributed by atoms with Crippen molar-refractivity contribution in [3.05, 3.63) is 35.7 Å². The van der Waals surface area contributed by atoms with Gasteiger partial charge in [0.1, 0.15) is 0 Å². The summed E-state index contributed by atoms with van der Waals surface area (Å²) in [6, 6.07) is 6.41. The third-order valence-electron chi connectivity index (χ3n) is 2.24. The number of hydrogen-bond acceptors (Lipinski definition) is 5. The SMILES string of the molecule is NCCc1nnnn1-c1cccc(C(=O)O)c1. The zero-order chi connectivity index (χ0) is 12.3. The van der Waals surface area contributed by atoms with E-state index in [1.165, 1.54) is 16.8 Å². The van der Waals surface area contributed by atoms with Gasteiger partial charge in [0.25, 0.3) is 0 Å². The van der Waals surface area contributed by atoms with Crippen molar-refractivity contribution in [3.8, 4) is 5.69 Å². The molecule has 2 aromatic rings. The van der Waals surface area contributed by atoms with Gasteiger partial charge in [-0.1, -0.05) is 6.07 Å². The van der Waals surface area contributed by atoms with E-state index in [9.17, 15) is 4.79 Å². The van der Waals surface area contributed by atoms with Gasteiger partial charge in [-0.2, -0.15) is 4.68 Å². The number of rotatable bonds is 4. The Hall–Kier alpha value is -2.28. The minimum Gasteiger partial charge on any atom is -0.478 e. The second kappa shape index (κ2) is 4.71. The molecule has 0 saturated heterocycles. The van der Waals surface area contributed by atoms with Crippen molar-refractivity contribution in [1.82, 2.24) is 20.2 Å². The molecule has 0 radical (unpaired) electrons. The number of aromatic nitrogens is 4. The van der Waals surface area contributed by atoms with Crippen LogP contribution in [0.3, 0.4) is 0 Å². The van der Waals surface area contributed by atoms with E-state index in [1.807, 2.05) is 0 Å². The van der Waals surface area contributed by atoms with E-state index in [0.717, 1.165) is 0 Å². The number of carbonyl (C=O) groups is 1. The van der Waals surface area contributed by atoms with E-state index >= 15 is 0 Å². The first kappa shape index (κ1) is 11.2. The average molecular weight is 233 g/mol. The van der Waals surface area contributed by atoms with Crippen LogP contribution in [0, 0.1) is 0 Å². The Labute approximate surface area is 96.9 Å². The molecule has 17 heavy (non-hydrogen) atoms. The first-order valence-electron chi connectivity index (χ1n) is 5.03. The molecule has 0 aliphatic carbocycles. The van der Waals surface area contributed by atoms with Gasteiger partial charge in [0.2, 0.25) is 0 Å². The predicted octanol–water partition coefficient (Wildman–Crippen LogP) is -0.138. The number of aromatic carboxylic acids is 1. The predicted molar refractivity (Wildman–Crippen MR) is 58.9 cm³/mol. The smallest absolute Gasteiger partial charge is 0.335 e. The van der Waals surface area contributed by atoms with E-state index in [0.29, 0.717) is 24.5 Å². The van der Waals surface area contributed by atoms with E-state index in [4.69, 9.17) is 10.8 Å². The number of hydrogen-bond donors (Lipinski definition) is 2. The second-order valence-corrected chi connectivity index (χ2v) is 3.40. The number of benzene rings is 1. The van der Waals surface area contributed by atoms with Crippen molar-refractivity contribution in [2.45, 2.75) is 6.42 Å². The highest BCUT2D eigenvalue weighted by atomic mass is 16.4. The first-order valence-corrected chi connectivity index (χ1v) is 5.03. The maximum Gasteiger partial charge on any atom is 0.335 e. The summed E-state index contributed by atoms with van der Waals surface area (Å²) >= 11 is 0. The summed E-state index contributed by atoms with van der Waals surface area (Å²) in [7, 11) is 0. The van der Waals surface area contributed by atoms with Crippen LogP contribution in [-0.4, -0.2) is 37.8 Å². The van der Waals surface area contributed by atoms with Gasteiger partial charge in [0.05, 0.1) is 11.3 Å². The van der Waals surface area contributed by atoms with Crippen molar-refractivity contribution in [2.24, 2.45) is 5.73 Å². The summed E-state index contributed by atoms with van der Waals surface area (Å²) in [4.78, 5) is 10.9. The third-order valence-corrected chi connectivity index (χ3v) is 2.24. The van der Waals surface area contributed by atoms with E-state index in [2.05, 4.69) is 15.5 Å².